The molecule has 7 nitrogen and oxygen atoms in total. The Morgan fingerprint density at radius 2 is 2.07 bits per heavy atom. The third-order valence-electron chi connectivity index (χ3n) is 4.04. The Balaban J connectivity index is 1.91. The standard InChI is InChI=1S/C19H24ClN7/c1-5-10-21-19(24-25(2)3)15-11-22-27(12-15)17-13-26(4)23-18(17)14-6-8-16(20)9-7-14/h6-12,17H,5,13H2,1-4H3/b21-10?,24-19-. The van der Waals surface area contributed by atoms with Gasteiger partial charge in [0.2, 0.25) is 0 Å². The Labute approximate surface area is 164 Å². The molecule has 2 aromatic rings. The summed E-state index contributed by atoms with van der Waals surface area (Å²) in [6, 6.07) is 7.75. The molecule has 3 rings (SSSR count). The first-order valence-electron chi connectivity index (χ1n) is 8.86. The van der Waals surface area contributed by atoms with Crippen molar-refractivity contribution in [2.24, 2.45) is 15.2 Å². The van der Waals surface area contributed by atoms with Crippen LogP contribution in [0.1, 0.15) is 30.5 Å². The third-order valence-corrected chi connectivity index (χ3v) is 4.29. The molecule has 2 heterocycles. The highest BCUT2D eigenvalue weighted by Crippen LogP contribution is 2.24. The van der Waals surface area contributed by atoms with E-state index in [4.69, 9.17) is 11.6 Å². The molecule has 0 saturated carbocycles. The molecule has 0 aliphatic carbocycles. The molecular weight excluding hydrogens is 362 g/mol. The van der Waals surface area contributed by atoms with Gasteiger partial charge in [-0.05, 0) is 18.6 Å². The van der Waals surface area contributed by atoms with Crippen LogP contribution in [-0.4, -0.2) is 65.2 Å². The van der Waals surface area contributed by atoms with Gasteiger partial charge in [0, 0.05) is 44.1 Å². The largest absolute Gasteiger partial charge is 0.301 e. The van der Waals surface area contributed by atoms with Crippen molar-refractivity contribution in [1.82, 2.24) is 19.8 Å². The lowest BCUT2D eigenvalue weighted by molar-refractivity contribution is 0.350. The molecular formula is C19H24ClN7. The molecule has 1 atom stereocenters. The minimum atomic E-state index is 0.0145. The lowest BCUT2D eigenvalue weighted by atomic mass is 10.0. The van der Waals surface area contributed by atoms with E-state index >= 15 is 0 Å². The van der Waals surface area contributed by atoms with Gasteiger partial charge in [-0.3, -0.25) is 9.69 Å². The lowest BCUT2D eigenvalue weighted by Crippen LogP contribution is -2.22. The number of halogens is 1. The number of benzene rings is 1. The lowest BCUT2D eigenvalue weighted by Gasteiger charge is -2.14. The van der Waals surface area contributed by atoms with Gasteiger partial charge in [-0.25, -0.2) is 4.99 Å². The predicted octanol–water partition coefficient (Wildman–Crippen LogP) is 3.13. The van der Waals surface area contributed by atoms with Gasteiger partial charge in [-0.1, -0.05) is 30.7 Å². The van der Waals surface area contributed by atoms with E-state index in [0.717, 1.165) is 29.8 Å². The van der Waals surface area contributed by atoms with Crippen molar-refractivity contribution in [1.29, 1.82) is 0 Å². The maximum atomic E-state index is 6.02. The molecule has 1 aliphatic heterocycles. The van der Waals surface area contributed by atoms with Crippen LogP contribution in [-0.2, 0) is 0 Å². The van der Waals surface area contributed by atoms with Gasteiger partial charge < -0.3 is 5.01 Å². The predicted molar refractivity (Wildman–Crippen MR) is 111 cm³/mol. The Bertz CT molecular complexity index is 864. The average molecular weight is 386 g/mol. The molecule has 1 unspecified atom stereocenters. The number of hydrogen-bond donors (Lipinski definition) is 0. The van der Waals surface area contributed by atoms with Crippen LogP contribution in [0, 0.1) is 0 Å². The monoisotopic (exact) mass is 385 g/mol. The number of rotatable bonds is 5. The quantitative estimate of drug-likeness (QED) is 0.451. The number of hydrazone groups is 2. The molecule has 0 bridgehead atoms. The minimum absolute atomic E-state index is 0.0145. The van der Waals surface area contributed by atoms with Crippen LogP contribution in [0.15, 0.2) is 51.9 Å². The van der Waals surface area contributed by atoms with Gasteiger partial charge in [-0.15, -0.1) is 0 Å². The zero-order valence-electron chi connectivity index (χ0n) is 16.0. The summed E-state index contributed by atoms with van der Waals surface area (Å²) in [7, 11) is 5.72. The molecule has 1 aliphatic rings. The van der Waals surface area contributed by atoms with Crippen molar-refractivity contribution < 1.29 is 0 Å². The van der Waals surface area contributed by atoms with Gasteiger partial charge in [0.1, 0.15) is 6.04 Å². The molecule has 0 radical (unpaired) electrons. The van der Waals surface area contributed by atoms with Crippen molar-refractivity contribution in [3.05, 3.63) is 52.8 Å². The normalized spacial score (nSPS) is 17.7. The second-order valence-corrected chi connectivity index (χ2v) is 6.98. The average Bonchev–Trinajstić information content (AvgIpc) is 3.25. The first-order valence-corrected chi connectivity index (χ1v) is 9.24. The van der Waals surface area contributed by atoms with Crippen molar-refractivity contribution >= 4 is 29.4 Å². The van der Waals surface area contributed by atoms with Crippen LogP contribution in [0.3, 0.4) is 0 Å². The maximum Gasteiger partial charge on any atom is 0.181 e. The fraction of sp³-hybridized carbons (Fsp3) is 0.368. The van der Waals surface area contributed by atoms with Gasteiger partial charge >= 0.3 is 0 Å². The van der Waals surface area contributed by atoms with Crippen LogP contribution in [0.25, 0.3) is 0 Å². The van der Waals surface area contributed by atoms with Gasteiger partial charge in [0.15, 0.2) is 5.84 Å². The Morgan fingerprint density at radius 1 is 1.33 bits per heavy atom. The first kappa shape index (κ1) is 19.1. The van der Waals surface area contributed by atoms with Crippen LogP contribution in [0.5, 0.6) is 0 Å². The number of aromatic nitrogens is 2. The summed E-state index contributed by atoms with van der Waals surface area (Å²) >= 11 is 6.02. The number of aliphatic imine (C=N–C) groups is 1. The highest BCUT2D eigenvalue weighted by atomic mass is 35.5. The van der Waals surface area contributed by atoms with E-state index in [1.54, 1.807) is 11.2 Å². The summed E-state index contributed by atoms with van der Waals surface area (Å²) < 4.78 is 1.93. The molecule has 0 saturated heterocycles. The summed E-state index contributed by atoms with van der Waals surface area (Å²) in [5, 5.41) is 18.1. The summed E-state index contributed by atoms with van der Waals surface area (Å²) in [6.07, 6.45) is 6.47. The van der Waals surface area contributed by atoms with Crippen LogP contribution in [0.4, 0.5) is 0 Å². The zero-order chi connectivity index (χ0) is 19.4. The van der Waals surface area contributed by atoms with E-state index in [2.05, 4.69) is 20.3 Å². The maximum absolute atomic E-state index is 6.02. The van der Waals surface area contributed by atoms with Crippen molar-refractivity contribution in [2.45, 2.75) is 19.4 Å². The number of nitrogens with zero attached hydrogens (tertiary/aromatic N) is 7. The van der Waals surface area contributed by atoms with Gasteiger partial charge in [0.25, 0.3) is 0 Å². The molecule has 142 valence electrons. The van der Waals surface area contributed by atoms with Crippen molar-refractivity contribution in [3.63, 3.8) is 0 Å². The van der Waals surface area contributed by atoms with Crippen LogP contribution >= 0.6 is 11.6 Å². The zero-order valence-corrected chi connectivity index (χ0v) is 16.8. The van der Waals surface area contributed by atoms with E-state index in [-0.39, 0.29) is 6.04 Å². The van der Waals surface area contributed by atoms with E-state index < -0.39 is 0 Å². The highest BCUT2D eigenvalue weighted by molar-refractivity contribution is 6.30. The summed E-state index contributed by atoms with van der Waals surface area (Å²) in [5.41, 5.74) is 2.88. The van der Waals surface area contributed by atoms with Crippen molar-refractivity contribution in [2.75, 3.05) is 27.7 Å². The smallest absolute Gasteiger partial charge is 0.181 e. The fourth-order valence-electron chi connectivity index (χ4n) is 2.86. The molecule has 8 heteroatoms. The fourth-order valence-corrected chi connectivity index (χ4v) is 2.98. The van der Waals surface area contributed by atoms with E-state index in [9.17, 15) is 0 Å². The molecule has 0 spiro atoms. The second kappa shape index (κ2) is 8.35. The van der Waals surface area contributed by atoms with E-state index in [1.165, 1.54) is 0 Å². The Kier molecular flexibility index (Phi) is 5.91. The molecule has 0 fully saturated rings. The van der Waals surface area contributed by atoms with E-state index in [1.807, 2.05) is 74.4 Å². The topological polar surface area (TPSA) is 61.4 Å². The number of likely N-dealkylation sites (N-methyl/N-ethyl adjacent to an activating group) is 1. The molecule has 0 N–H and O–H groups in total. The SMILES string of the molecule is CCC=N/C(=N\N(C)C)c1cnn(C2CN(C)N=C2c2ccc(Cl)cc2)c1. The van der Waals surface area contributed by atoms with Crippen molar-refractivity contribution in [3.8, 4) is 0 Å². The molecule has 1 aromatic heterocycles. The van der Waals surface area contributed by atoms with Gasteiger partial charge in [0.05, 0.1) is 24.0 Å². The Hall–Kier alpha value is -2.67. The second-order valence-electron chi connectivity index (χ2n) is 6.55. The first-order chi connectivity index (χ1) is 13.0. The van der Waals surface area contributed by atoms with E-state index in [0.29, 0.717) is 10.9 Å². The summed E-state index contributed by atoms with van der Waals surface area (Å²) in [4.78, 5) is 4.47. The molecule has 1 aromatic carbocycles. The molecule has 0 amide bonds. The van der Waals surface area contributed by atoms with Crippen LogP contribution in [0.2, 0.25) is 5.02 Å². The van der Waals surface area contributed by atoms with Gasteiger partial charge in [-0.2, -0.15) is 15.3 Å². The minimum Gasteiger partial charge on any atom is -0.301 e. The third kappa shape index (κ3) is 4.54. The Morgan fingerprint density at radius 3 is 2.74 bits per heavy atom. The highest BCUT2D eigenvalue weighted by Gasteiger charge is 2.28. The summed E-state index contributed by atoms with van der Waals surface area (Å²) in [5.74, 6) is 0.643. The number of amidine groups is 1. The summed E-state index contributed by atoms with van der Waals surface area (Å²) in [6.45, 7) is 2.79. The number of hydrogen-bond acceptors (Lipinski definition) is 5. The van der Waals surface area contributed by atoms with Crippen LogP contribution < -0.4 is 0 Å². The molecule has 27 heavy (non-hydrogen) atoms.